The molecule has 0 N–H and O–H groups in total. The van der Waals surface area contributed by atoms with Crippen LogP contribution in [0.2, 0.25) is 0 Å². The maximum absolute atomic E-state index is 2.38. The number of hydrogen-bond acceptors (Lipinski definition) is 0. The first-order chi connectivity index (χ1) is 6.67. The van der Waals surface area contributed by atoms with E-state index in [-0.39, 0.29) is 0 Å². The minimum absolute atomic E-state index is 0.731. The van der Waals surface area contributed by atoms with Gasteiger partial charge >= 0.3 is 0 Å². The van der Waals surface area contributed by atoms with Crippen LogP contribution in [0.25, 0.3) is 0 Å². The monoisotopic (exact) mass is 192 g/mol. The molecule has 0 aromatic carbocycles. The van der Waals surface area contributed by atoms with Gasteiger partial charge in [0.15, 0.2) is 0 Å². The van der Waals surface area contributed by atoms with Crippen LogP contribution < -0.4 is 0 Å². The van der Waals surface area contributed by atoms with Crippen molar-refractivity contribution >= 4 is 0 Å². The summed E-state index contributed by atoms with van der Waals surface area (Å²) in [6.45, 7) is 11.6. The van der Waals surface area contributed by atoms with E-state index in [1.54, 1.807) is 22.3 Å². The zero-order chi connectivity index (χ0) is 10.7. The standard InChI is InChI=1S/C14H24/c1-6-9-14-10(4)12(7-2)13(8-3)11(14)5/h10H,6-9H2,1-5H3. The van der Waals surface area contributed by atoms with Crippen LogP contribution in [0.1, 0.15) is 60.3 Å². The Kier molecular flexibility index (Phi) is 3.97. The molecule has 1 atom stereocenters. The van der Waals surface area contributed by atoms with Crippen molar-refractivity contribution in [3.63, 3.8) is 0 Å². The van der Waals surface area contributed by atoms with Crippen LogP contribution in [0, 0.1) is 5.92 Å². The van der Waals surface area contributed by atoms with Crippen LogP contribution >= 0.6 is 0 Å². The number of allylic oxidation sites excluding steroid dienone is 4. The fraction of sp³-hybridized carbons (Fsp3) is 0.714. The third-order valence-electron chi connectivity index (χ3n) is 3.62. The van der Waals surface area contributed by atoms with E-state index >= 15 is 0 Å². The summed E-state index contributed by atoms with van der Waals surface area (Å²) < 4.78 is 0. The molecule has 0 fully saturated rings. The molecule has 0 radical (unpaired) electrons. The molecule has 0 aromatic heterocycles. The van der Waals surface area contributed by atoms with Gasteiger partial charge in [0.25, 0.3) is 0 Å². The maximum Gasteiger partial charge on any atom is -0.000980 e. The number of hydrogen-bond donors (Lipinski definition) is 0. The highest BCUT2D eigenvalue weighted by molar-refractivity contribution is 5.48. The second kappa shape index (κ2) is 4.82. The highest BCUT2D eigenvalue weighted by atomic mass is 14.3. The van der Waals surface area contributed by atoms with Crippen LogP contribution in [0.15, 0.2) is 22.3 Å². The summed E-state index contributed by atoms with van der Waals surface area (Å²) in [4.78, 5) is 0. The van der Waals surface area contributed by atoms with Crippen molar-refractivity contribution in [3.8, 4) is 0 Å². The third-order valence-corrected chi connectivity index (χ3v) is 3.62. The van der Waals surface area contributed by atoms with E-state index in [1.807, 2.05) is 0 Å². The van der Waals surface area contributed by atoms with Gasteiger partial charge in [0.2, 0.25) is 0 Å². The summed E-state index contributed by atoms with van der Waals surface area (Å²) in [5.74, 6) is 0.731. The molecular weight excluding hydrogens is 168 g/mol. The molecule has 0 heteroatoms. The molecular formula is C14H24. The molecule has 0 heterocycles. The van der Waals surface area contributed by atoms with Gasteiger partial charge in [0, 0.05) is 0 Å². The second-order valence-corrected chi connectivity index (χ2v) is 4.33. The van der Waals surface area contributed by atoms with Crippen molar-refractivity contribution < 1.29 is 0 Å². The zero-order valence-corrected chi connectivity index (χ0v) is 10.4. The van der Waals surface area contributed by atoms with E-state index in [0.717, 1.165) is 5.92 Å². The predicted molar refractivity (Wildman–Crippen MR) is 64.4 cm³/mol. The van der Waals surface area contributed by atoms with E-state index in [9.17, 15) is 0 Å². The molecule has 1 rings (SSSR count). The lowest BCUT2D eigenvalue weighted by atomic mass is 9.92. The molecule has 0 nitrogen and oxygen atoms in total. The van der Waals surface area contributed by atoms with Crippen molar-refractivity contribution in [3.05, 3.63) is 22.3 Å². The summed E-state index contributed by atoms with van der Waals surface area (Å²) in [6, 6.07) is 0. The molecule has 14 heavy (non-hydrogen) atoms. The van der Waals surface area contributed by atoms with E-state index in [1.165, 1.54) is 25.7 Å². The van der Waals surface area contributed by atoms with E-state index in [0.29, 0.717) is 0 Å². The summed E-state index contributed by atoms with van der Waals surface area (Å²) in [5.41, 5.74) is 6.68. The van der Waals surface area contributed by atoms with Crippen LogP contribution in [0.4, 0.5) is 0 Å². The highest BCUT2D eigenvalue weighted by Crippen LogP contribution is 2.41. The van der Waals surface area contributed by atoms with Crippen molar-refractivity contribution in [1.82, 2.24) is 0 Å². The fourth-order valence-electron chi connectivity index (χ4n) is 2.92. The quantitative estimate of drug-likeness (QED) is 0.596. The molecule has 0 saturated carbocycles. The minimum Gasteiger partial charge on any atom is -0.0651 e. The van der Waals surface area contributed by atoms with Gasteiger partial charge in [-0.15, -0.1) is 0 Å². The molecule has 0 bridgehead atoms. The van der Waals surface area contributed by atoms with Gasteiger partial charge in [-0.1, -0.05) is 45.3 Å². The van der Waals surface area contributed by atoms with Crippen molar-refractivity contribution in [1.29, 1.82) is 0 Å². The Bertz CT molecular complexity index is 266. The molecule has 0 spiro atoms. The first-order valence-corrected chi connectivity index (χ1v) is 6.09. The van der Waals surface area contributed by atoms with Crippen LogP contribution in [0.5, 0.6) is 0 Å². The Hall–Kier alpha value is -0.520. The largest absolute Gasteiger partial charge is 0.0651 e. The highest BCUT2D eigenvalue weighted by Gasteiger charge is 2.25. The van der Waals surface area contributed by atoms with Gasteiger partial charge in [0.1, 0.15) is 0 Å². The molecule has 80 valence electrons. The maximum atomic E-state index is 2.38. The third kappa shape index (κ3) is 1.80. The Morgan fingerprint density at radius 3 is 2.00 bits per heavy atom. The molecule has 1 unspecified atom stereocenters. The van der Waals surface area contributed by atoms with Gasteiger partial charge in [-0.25, -0.2) is 0 Å². The summed E-state index contributed by atoms with van der Waals surface area (Å²) in [6.07, 6.45) is 5.02. The number of rotatable bonds is 4. The molecule has 1 aliphatic rings. The van der Waals surface area contributed by atoms with Crippen molar-refractivity contribution in [2.45, 2.75) is 60.3 Å². The smallest absolute Gasteiger partial charge is 0.000980 e. The Morgan fingerprint density at radius 1 is 1.00 bits per heavy atom. The topological polar surface area (TPSA) is 0 Å². The Balaban J connectivity index is 3.00. The summed E-state index contributed by atoms with van der Waals surface area (Å²) in [7, 11) is 0. The average molecular weight is 192 g/mol. The van der Waals surface area contributed by atoms with Crippen molar-refractivity contribution in [2.24, 2.45) is 5.92 Å². The fourth-order valence-corrected chi connectivity index (χ4v) is 2.92. The first kappa shape index (κ1) is 11.6. The van der Waals surface area contributed by atoms with E-state index < -0.39 is 0 Å². The van der Waals surface area contributed by atoms with E-state index in [4.69, 9.17) is 0 Å². The summed E-state index contributed by atoms with van der Waals surface area (Å²) in [5, 5.41) is 0. The van der Waals surface area contributed by atoms with Crippen LogP contribution in [-0.4, -0.2) is 0 Å². The van der Waals surface area contributed by atoms with Crippen molar-refractivity contribution in [2.75, 3.05) is 0 Å². The van der Waals surface area contributed by atoms with Gasteiger partial charge in [0.05, 0.1) is 0 Å². The Morgan fingerprint density at radius 2 is 1.64 bits per heavy atom. The molecule has 0 amide bonds. The first-order valence-electron chi connectivity index (χ1n) is 6.09. The summed E-state index contributed by atoms with van der Waals surface area (Å²) >= 11 is 0. The Labute approximate surface area is 89.1 Å². The normalized spacial score (nSPS) is 22.5. The lowest BCUT2D eigenvalue weighted by Gasteiger charge is -2.13. The van der Waals surface area contributed by atoms with Crippen LogP contribution in [-0.2, 0) is 0 Å². The molecule has 0 aliphatic heterocycles. The van der Waals surface area contributed by atoms with E-state index in [2.05, 4.69) is 34.6 Å². The van der Waals surface area contributed by atoms with Crippen LogP contribution in [0.3, 0.4) is 0 Å². The van der Waals surface area contributed by atoms with Gasteiger partial charge in [-0.3, -0.25) is 0 Å². The molecule has 0 saturated heterocycles. The lowest BCUT2D eigenvalue weighted by molar-refractivity contribution is 0.713. The SMILES string of the molecule is CCCC1=C(C)C(CC)=C(CC)C1C. The minimum atomic E-state index is 0.731. The predicted octanol–water partition coefficient (Wildman–Crippen LogP) is 4.87. The molecule has 0 aromatic rings. The second-order valence-electron chi connectivity index (χ2n) is 4.33. The zero-order valence-electron chi connectivity index (χ0n) is 10.4. The van der Waals surface area contributed by atoms with Gasteiger partial charge < -0.3 is 0 Å². The molecule has 1 aliphatic carbocycles. The van der Waals surface area contributed by atoms with Gasteiger partial charge in [-0.2, -0.15) is 0 Å². The lowest BCUT2D eigenvalue weighted by Crippen LogP contribution is -1.98. The average Bonchev–Trinajstić information content (AvgIpc) is 2.41. The van der Waals surface area contributed by atoms with Gasteiger partial charge in [-0.05, 0) is 43.3 Å².